The summed E-state index contributed by atoms with van der Waals surface area (Å²) in [4.78, 5) is 10.1. The Balaban J connectivity index is 2.32. The number of nitro benzene ring substituents is 1. The molecule has 0 radical (unpaired) electrons. The van der Waals surface area contributed by atoms with Crippen LogP contribution in [0.1, 0.15) is 20.3 Å². The van der Waals surface area contributed by atoms with Crippen molar-refractivity contribution >= 4 is 17.1 Å². The van der Waals surface area contributed by atoms with Crippen LogP contribution < -0.4 is 11.1 Å². The zero-order chi connectivity index (χ0) is 14.3. The highest BCUT2D eigenvalue weighted by atomic mass is 16.6. The number of anilines is 2. The van der Waals surface area contributed by atoms with Gasteiger partial charge in [0.15, 0.2) is 0 Å². The molecule has 0 amide bonds. The first-order valence-electron chi connectivity index (χ1n) is 6.36. The molecule has 3 N–H and O–H groups in total. The summed E-state index contributed by atoms with van der Waals surface area (Å²) in [6.45, 7) is 6.26. The summed E-state index contributed by atoms with van der Waals surface area (Å²) in [5, 5.41) is 13.7. The predicted molar refractivity (Wildman–Crippen MR) is 76.3 cm³/mol. The first-order chi connectivity index (χ1) is 9.00. The van der Waals surface area contributed by atoms with Crippen LogP contribution in [0.4, 0.5) is 17.1 Å². The molecular formula is C13H21N3O3. The van der Waals surface area contributed by atoms with Crippen molar-refractivity contribution in [3.8, 4) is 0 Å². The number of nitrogen functional groups attached to an aromatic ring is 1. The topological polar surface area (TPSA) is 90.4 Å². The Bertz CT molecular complexity index is 422. The zero-order valence-electron chi connectivity index (χ0n) is 11.4. The van der Waals surface area contributed by atoms with Crippen molar-refractivity contribution in [2.45, 2.75) is 20.3 Å². The molecule has 19 heavy (non-hydrogen) atoms. The van der Waals surface area contributed by atoms with E-state index in [2.05, 4.69) is 19.2 Å². The molecule has 6 nitrogen and oxygen atoms in total. The molecule has 0 atom stereocenters. The van der Waals surface area contributed by atoms with Gasteiger partial charge < -0.3 is 15.8 Å². The van der Waals surface area contributed by atoms with Crippen molar-refractivity contribution in [2.24, 2.45) is 5.92 Å². The molecule has 0 aliphatic rings. The quantitative estimate of drug-likeness (QED) is 0.327. The van der Waals surface area contributed by atoms with Crippen molar-refractivity contribution in [1.82, 2.24) is 0 Å². The summed E-state index contributed by atoms with van der Waals surface area (Å²) in [5.41, 5.74) is 6.79. The van der Waals surface area contributed by atoms with Gasteiger partial charge in [0.05, 0.1) is 22.9 Å². The molecule has 0 bridgehead atoms. The lowest BCUT2D eigenvalue weighted by atomic mass is 10.1. The number of hydrogen-bond acceptors (Lipinski definition) is 5. The summed E-state index contributed by atoms with van der Waals surface area (Å²) in [6, 6.07) is 4.39. The van der Waals surface area contributed by atoms with Crippen LogP contribution in [0.2, 0.25) is 0 Å². The van der Waals surface area contributed by atoms with Crippen LogP contribution in [0.15, 0.2) is 18.2 Å². The maximum Gasteiger partial charge on any atom is 0.271 e. The van der Waals surface area contributed by atoms with Crippen LogP contribution in [0, 0.1) is 16.0 Å². The highest BCUT2D eigenvalue weighted by Gasteiger charge is 2.07. The second-order valence-electron chi connectivity index (χ2n) is 4.75. The maximum absolute atomic E-state index is 10.6. The third-order valence-corrected chi connectivity index (χ3v) is 2.65. The van der Waals surface area contributed by atoms with E-state index in [4.69, 9.17) is 10.5 Å². The van der Waals surface area contributed by atoms with E-state index in [9.17, 15) is 10.1 Å². The van der Waals surface area contributed by atoms with Gasteiger partial charge in [-0.1, -0.05) is 13.8 Å². The van der Waals surface area contributed by atoms with E-state index in [-0.39, 0.29) is 5.69 Å². The molecule has 0 saturated heterocycles. The number of benzene rings is 1. The molecule has 1 rings (SSSR count). The molecule has 0 saturated carbocycles. The van der Waals surface area contributed by atoms with E-state index in [0.29, 0.717) is 30.4 Å². The largest absolute Gasteiger partial charge is 0.397 e. The minimum absolute atomic E-state index is 0.00349. The number of non-ortho nitro benzene ring substituents is 1. The third-order valence-electron chi connectivity index (χ3n) is 2.65. The normalized spacial score (nSPS) is 10.7. The minimum atomic E-state index is -0.463. The van der Waals surface area contributed by atoms with Crippen LogP contribution >= 0.6 is 0 Å². The Morgan fingerprint density at radius 1 is 1.42 bits per heavy atom. The zero-order valence-corrected chi connectivity index (χ0v) is 11.4. The summed E-state index contributed by atoms with van der Waals surface area (Å²) in [5.74, 6) is 0.637. The number of nitrogens with zero attached hydrogens (tertiary/aromatic N) is 1. The van der Waals surface area contributed by atoms with E-state index < -0.39 is 4.92 Å². The predicted octanol–water partition coefficient (Wildman–Crippen LogP) is 2.65. The summed E-state index contributed by atoms with van der Waals surface area (Å²) in [7, 11) is 0. The van der Waals surface area contributed by atoms with E-state index in [1.165, 1.54) is 12.1 Å². The number of nitrogens with one attached hydrogen (secondary N) is 1. The molecule has 0 aromatic heterocycles. The van der Waals surface area contributed by atoms with E-state index in [1.807, 2.05) is 0 Å². The van der Waals surface area contributed by atoms with Crippen molar-refractivity contribution in [1.29, 1.82) is 0 Å². The van der Waals surface area contributed by atoms with Crippen LogP contribution in [0.5, 0.6) is 0 Å². The fourth-order valence-electron chi connectivity index (χ4n) is 1.50. The molecule has 0 unspecified atom stereocenters. The van der Waals surface area contributed by atoms with Crippen molar-refractivity contribution in [3.63, 3.8) is 0 Å². The van der Waals surface area contributed by atoms with E-state index in [0.717, 1.165) is 13.0 Å². The molecular weight excluding hydrogens is 246 g/mol. The van der Waals surface area contributed by atoms with Gasteiger partial charge in [0, 0.05) is 25.3 Å². The molecule has 106 valence electrons. The first-order valence-corrected chi connectivity index (χ1v) is 6.36. The summed E-state index contributed by atoms with van der Waals surface area (Å²) < 4.78 is 5.46. The van der Waals surface area contributed by atoms with Gasteiger partial charge in [-0.15, -0.1) is 0 Å². The summed E-state index contributed by atoms with van der Waals surface area (Å²) in [6.07, 6.45) is 1.04. The molecule has 0 heterocycles. The first kappa shape index (κ1) is 15.2. The van der Waals surface area contributed by atoms with E-state index in [1.54, 1.807) is 6.07 Å². The SMILES string of the molecule is CC(C)CCOCCNc1ccc([N+](=O)[O-])cc1N. The summed E-state index contributed by atoms with van der Waals surface area (Å²) >= 11 is 0. The van der Waals surface area contributed by atoms with Crippen molar-refractivity contribution in [3.05, 3.63) is 28.3 Å². The van der Waals surface area contributed by atoms with Gasteiger partial charge in [0.1, 0.15) is 0 Å². The lowest BCUT2D eigenvalue weighted by Crippen LogP contribution is -2.12. The fourth-order valence-corrected chi connectivity index (χ4v) is 1.50. The smallest absolute Gasteiger partial charge is 0.271 e. The van der Waals surface area contributed by atoms with Gasteiger partial charge in [-0.05, 0) is 18.4 Å². The van der Waals surface area contributed by atoms with Gasteiger partial charge in [0.2, 0.25) is 0 Å². The monoisotopic (exact) mass is 267 g/mol. The molecule has 0 aliphatic carbocycles. The van der Waals surface area contributed by atoms with Crippen LogP contribution in [0.3, 0.4) is 0 Å². The maximum atomic E-state index is 10.6. The van der Waals surface area contributed by atoms with Crippen LogP contribution in [-0.2, 0) is 4.74 Å². The lowest BCUT2D eigenvalue weighted by molar-refractivity contribution is -0.384. The second kappa shape index (κ2) is 7.58. The Hall–Kier alpha value is -1.82. The Kier molecular flexibility index (Phi) is 6.08. The molecule has 1 aromatic carbocycles. The molecule has 0 fully saturated rings. The highest BCUT2D eigenvalue weighted by molar-refractivity contribution is 5.69. The average Bonchev–Trinajstić information content (AvgIpc) is 2.34. The van der Waals surface area contributed by atoms with Gasteiger partial charge in [-0.3, -0.25) is 10.1 Å². The number of nitro groups is 1. The Morgan fingerprint density at radius 3 is 2.74 bits per heavy atom. The highest BCUT2D eigenvalue weighted by Crippen LogP contribution is 2.23. The van der Waals surface area contributed by atoms with Crippen molar-refractivity contribution < 1.29 is 9.66 Å². The van der Waals surface area contributed by atoms with Gasteiger partial charge in [-0.2, -0.15) is 0 Å². The van der Waals surface area contributed by atoms with Gasteiger partial charge in [0.25, 0.3) is 5.69 Å². The van der Waals surface area contributed by atoms with Gasteiger partial charge in [-0.25, -0.2) is 0 Å². The lowest BCUT2D eigenvalue weighted by Gasteiger charge is -2.10. The molecule has 0 spiro atoms. The fraction of sp³-hybridized carbons (Fsp3) is 0.538. The molecule has 1 aromatic rings. The second-order valence-corrected chi connectivity index (χ2v) is 4.75. The Morgan fingerprint density at radius 2 is 2.16 bits per heavy atom. The van der Waals surface area contributed by atoms with Crippen LogP contribution in [-0.4, -0.2) is 24.7 Å². The standard InChI is InChI=1S/C13H21N3O3/c1-10(2)5-7-19-8-6-15-13-4-3-11(16(17)18)9-12(13)14/h3-4,9-10,15H,5-8,14H2,1-2H3. The number of hydrogen-bond donors (Lipinski definition) is 2. The van der Waals surface area contributed by atoms with Crippen LogP contribution in [0.25, 0.3) is 0 Å². The molecule has 6 heteroatoms. The number of nitrogens with two attached hydrogens (primary N) is 1. The third kappa shape index (κ3) is 5.56. The number of ether oxygens (including phenoxy) is 1. The minimum Gasteiger partial charge on any atom is -0.397 e. The number of rotatable bonds is 8. The van der Waals surface area contributed by atoms with Gasteiger partial charge >= 0.3 is 0 Å². The van der Waals surface area contributed by atoms with E-state index >= 15 is 0 Å². The van der Waals surface area contributed by atoms with Crippen molar-refractivity contribution in [2.75, 3.05) is 30.8 Å². The Labute approximate surface area is 113 Å². The average molecular weight is 267 g/mol. The molecule has 0 aliphatic heterocycles.